The molecule has 92 valence electrons. The van der Waals surface area contributed by atoms with E-state index >= 15 is 0 Å². The summed E-state index contributed by atoms with van der Waals surface area (Å²) in [6.07, 6.45) is 2.64. The standard InChI is InChI=1S/C10H12N2O4S/c1-10(4-5-10)12-17(15,16)8-3-2-7(6-11-8)9(13)14/h2-3,6,12H,4-5H2,1H3,(H,13,14). The Hall–Kier alpha value is -1.47. The molecule has 1 aliphatic rings. The minimum absolute atomic E-state index is 0.0402. The number of nitrogens with one attached hydrogen (secondary N) is 1. The molecule has 1 heterocycles. The Bertz CT molecular complexity index is 546. The summed E-state index contributed by atoms with van der Waals surface area (Å²) >= 11 is 0. The van der Waals surface area contributed by atoms with Crippen LogP contribution in [0.15, 0.2) is 23.4 Å². The maximum absolute atomic E-state index is 11.8. The first kappa shape index (κ1) is 12.0. The van der Waals surface area contributed by atoms with Gasteiger partial charge in [-0.05, 0) is 31.9 Å². The Kier molecular flexibility index (Phi) is 2.67. The third kappa shape index (κ3) is 2.62. The molecule has 1 aromatic rings. The van der Waals surface area contributed by atoms with E-state index < -0.39 is 16.0 Å². The molecule has 6 nitrogen and oxygen atoms in total. The lowest BCUT2D eigenvalue weighted by Crippen LogP contribution is -2.34. The van der Waals surface area contributed by atoms with Crippen LogP contribution in [0.4, 0.5) is 0 Å². The first-order chi connectivity index (χ1) is 7.82. The Labute approximate surface area is 98.7 Å². The van der Waals surface area contributed by atoms with Gasteiger partial charge in [0.15, 0.2) is 5.03 Å². The first-order valence-electron chi connectivity index (χ1n) is 5.06. The molecule has 0 radical (unpaired) electrons. The minimum Gasteiger partial charge on any atom is -0.478 e. The zero-order valence-electron chi connectivity index (χ0n) is 9.17. The van der Waals surface area contributed by atoms with Crippen LogP contribution >= 0.6 is 0 Å². The molecule has 1 fully saturated rings. The number of aromatic nitrogens is 1. The molecule has 1 aliphatic carbocycles. The van der Waals surface area contributed by atoms with E-state index in [4.69, 9.17) is 5.11 Å². The molecule has 0 aliphatic heterocycles. The van der Waals surface area contributed by atoms with Crippen molar-refractivity contribution < 1.29 is 18.3 Å². The van der Waals surface area contributed by atoms with Crippen LogP contribution in [-0.2, 0) is 10.0 Å². The molecular weight excluding hydrogens is 244 g/mol. The van der Waals surface area contributed by atoms with Crippen molar-refractivity contribution in [2.45, 2.75) is 30.3 Å². The van der Waals surface area contributed by atoms with E-state index in [2.05, 4.69) is 9.71 Å². The van der Waals surface area contributed by atoms with Crippen molar-refractivity contribution in [3.8, 4) is 0 Å². The second-order valence-corrected chi connectivity index (χ2v) is 5.99. The van der Waals surface area contributed by atoms with Crippen molar-refractivity contribution in [3.63, 3.8) is 0 Å². The van der Waals surface area contributed by atoms with Crippen LogP contribution in [0.1, 0.15) is 30.1 Å². The first-order valence-corrected chi connectivity index (χ1v) is 6.54. The predicted molar refractivity (Wildman–Crippen MR) is 59.2 cm³/mol. The molecule has 1 aromatic heterocycles. The number of aromatic carboxylic acids is 1. The highest BCUT2D eigenvalue weighted by atomic mass is 32.2. The SMILES string of the molecule is CC1(NS(=O)(=O)c2ccc(C(=O)O)cn2)CC1. The normalized spacial score (nSPS) is 17.7. The summed E-state index contributed by atoms with van der Waals surface area (Å²) in [6, 6.07) is 2.41. The van der Waals surface area contributed by atoms with Gasteiger partial charge in [0.05, 0.1) is 5.56 Å². The van der Waals surface area contributed by atoms with Gasteiger partial charge in [0, 0.05) is 11.7 Å². The average Bonchev–Trinajstić information content (AvgIpc) is 2.95. The van der Waals surface area contributed by atoms with Crippen LogP contribution in [0, 0.1) is 0 Å². The highest BCUT2D eigenvalue weighted by Crippen LogP contribution is 2.35. The number of hydrogen-bond acceptors (Lipinski definition) is 4. The van der Waals surface area contributed by atoms with E-state index in [1.807, 2.05) is 6.92 Å². The second kappa shape index (κ2) is 3.78. The molecule has 0 spiro atoms. The van der Waals surface area contributed by atoms with Crippen molar-refractivity contribution in [1.82, 2.24) is 9.71 Å². The topological polar surface area (TPSA) is 96.4 Å². The third-order valence-electron chi connectivity index (χ3n) is 2.64. The van der Waals surface area contributed by atoms with Crippen LogP contribution in [-0.4, -0.2) is 30.0 Å². The maximum atomic E-state index is 11.8. The Morgan fingerprint density at radius 3 is 2.53 bits per heavy atom. The lowest BCUT2D eigenvalue weighted by Gasteiger charge is -2.11. The summed E-state index contributed by atoms with van der Waals surface area (Å²) in [7, 11) is -3.65. The Balaban J connectivity index is 2.24. The van der Waals surface area contributed by atoms with Crippen molar-refractivity contribution in [2.24, 2.45) is 0 Å². The van der Waals surface area contributed by atoms with Crippen LogP contribution in [0.25, 0.3) is 0 Å². The van der Waals surface area contributed by atoms with Gasteiger partial charge in [-0.15, -0.1) is 0 Å². The quantitative estimate of drug-likeness (QED) is 0.822. The van der Waals surface area contributed by atoms with E-state index in [0.717, 1.165) is 19.0 Å². The molecule has 7 heteroatoms. The number of rotatable bonds is 4. The van der Waals surface area contributed by atoms with Gasteiger partial charge in [0.25, 0.3) is 10.0 Å². The summed E-state index contributed by atoms with van der Waals surface area (Å²) in [6.45, 7) is 1.82. The van der Waals surface area contributed by atoms with Crippen LogP contribution in [0.2, 0.25) is 0 Å². The largest absolute Gasteiger partial charge is 0.478 e. The van der Waals surface area contributed by atoms with Gasteiger partial charge in [-0.1, -0.05) is 0 Å². The molecule has 0 saturated heterocycles. The van der Waals surface area contributed by atoms with Gasteiger partial charge < -0.3 is 5.11 Å². The Morgan fingerprint density at radius 2 is 2.12 bits per heavy atom. The number of carbonyl (C=O) groups is 1. The monoisotopic (exact) mass is 256 g/mol. The summed E-state index contributed by atoms with van der Waals surface area (Å²) < 4.78 is 26.2. The fourth-order valence-electron chi connectivity index (χ4n) is 1.33. The second-order valence-electron chi connectivity index (χ2n) is 4.36. The van der Waals surface area contributed by atoms with Crippen molar-refractivity contribution in [2.75, 3.05) is 0 Å². The smallest absolute Gasteiger partial charge is 0.337 e. The number of pyridine rings is 1. The molecule has 0 unspecified atom stereocenters. The summed E-state index contributed by atoms with van der Waals surface area (Å²) in [4.78, 5) is 14.2. The van der Waals surface area contributed by atoms with Crippen LogP contribution < -0.4 is 4.72 Å². The lowest BCUT2D eigenvalue weighted by atomic mass is 10.3. The zero-order valence-corrected chi connectivity index (χ0v) is 9.99. The van der Waals surface area contributed by atoms with E-state index in [-0.39, 0.29) is 16.1 Å². The molecule has 2 N–H and O–H groups in total. The van der Waals surface area contributed by atoms with Crippen molar-refractivity contribution in [3.05, 3.63) is 23.9 Å². The molecule has 0 bridgehead atoms. The fraction of sp³-hybridized carbons (Fsp3) is 0.400. The predicted octanol–water partition coefficient (Wildman–Crippen LogP) is 0.611. The van der Waals surface area contributed by atoms with E-state index in [1.54, 1.807) is 0 Å². The zero-order chi connectivity index (χ0) is 12.7. The number of nitrogens with zero attached hydrogens (tertiary/aromatic N) is 1. The van der Waals surface area contributed by atoms with E-state index in [1.165, 1.54) is 12.1 Å². The summed E-state index contributed by atoms with van der Waals surface area (Å²) in [5.41, 5.74) is -0.409. The van der Waals surface area contributed by atoms with Gasteiger partial charge in [-0.25, -0.2) is 22.9 Å². The van der Waals surface area contributed by atoms with E-state index in [0.29, 0.717) is 0 Å². The molecule has 0 amide bonds. The lowest BCUT2D eigenvalue weighted by molar-refractivity contribution is 0.0696. The van der Waals surface area contributed by atoms with Gasteiger partial charge in [-0.3, -0.25) is 0 Å². The number of carboxylic acids is 1. The molecule has 2 rings (SSSR count). The van der Waals surface area contributed by atoms with Crippen molar-refractivity contribution in [1.29, 1.82) is 0 Å². The summed E-state index contributed by atoms with van der Waals surface area (Å²) in [5, 5.41) is 8.51. The number of sulfonamides is 1. The Morgan fingerprint density at radius 1 is 1.47 bits per heavy atom. The van der Waals surface area contributed by atoms with Gasteiger partial charge in [-0.2, -0.15) is 0 Å². The number of hydrogen-bond donors (Lipinski definition) is 2. The molecule has 1 saturated carbocycles. The number of carboxylic acid groups (broad SMARTS) is 1. The highest BCUT2D eigenvalue weighted by Gasteiger charge is 2.41. The molecule has 17 heavy (non-hydrogen) atoms. The van der Waals surface area contributed by atoms with Crippen LogP contribution in [0.5, 0.6) is 0 Å². The summed E-state index contributed by atoms with van der Waals surface area (Å²) in [5.74, 6) is -1.14. The fourth-order valence-corrected chi connectivity index (χ4v) is 2.73. The van der Waals surface area contributed by atoms with Gasteiger partial charge in [0.1, 0.15) is 0 Å². The van der Waals surface area contributed by atoms with Crippen molar-refractivity contribution >= 4 is 16.0 Å². The average molecular weight is 256 g/mol. The maximum Gasteiger partial charge on any atom is 0.337 e. The van der Waals surface area contributed by atoms with Crippen LogP contribution in [0.3, 0.4) is 0 Å². The third-order valence-corrected chi connectivity index (χ3v) is 4.19. The van der Waals surface area contributed by atoms with Gasteiger partial charge >= 0.3 is 5.97 Å². The molecular formula is C10H12N2O4S. The minimum atomic E-state index is -3.65. The molecule has 0 aromatic carbocycles. The van der Waals surface area contributed by atoms with Gasteiger partial charge in [0.2, 0.25) is 0 Å². The molecule has 0 atom stereocenters. The highest BCUT2D eigenvalue weighted by molar-refractivity contribution is 7.89. The van der Waals surface area contributed by atoms with E-state index in [9.17, 15) is 13.2 Å².